The zero-order valence-corrected chi connectivity index (χ0v) is 11.9. The Morgan fingerprint density at radius 2 is 1.89 bits per heavy atom. The molecule has 1 saturated heterocycles. The summed E-state index contributed by atoms with van der Waals surface area (Å²) in [6.07, 6.45) is 2.49. The zero-order chi connectivity index (χ0) is 13.7. The second-order valence-corrected chi connectivity index (χ2v) is 5.51. The van der Waals surface area contributed by atoms with Crippen molar-refractivity contribution >= 4 is 17.3 Å². The number of aliphatic hydroxyl groups excluding tert-OH is 2. The topological polar surface area (TPSA) is 43.7 Å². The van der Waals surface area contributed by atoms with Gasteiger partial charge in [-0.3, -0.25) is 0 Å². The molecule has 0 saturated carbocycles. The number of hydrogen-bond donors (Lipinski definition) is 2. The highest BCUT2D eigenvalue weighted by Gasteiger charge is 2.19. The van der Waals surface area contributed by atoms with E-state index in [2.05, 4.69) is 11.0 Å². The monoisotopic (exact) mass is 283 g/mol. The highest BCUT2D eigenvalue weighted by Crippen LogP contribution is 2.26. The van der Waals surface area contributed by atoms with Gasteiger partial charge in [0.1, 0.15) is 6.10 Å². The van der Waals surface area contributed by atoms with E-state index in [-0.39, 0.29) is 0 Å². The van der Waals surface area contributed by atoms with E-state index in [1.54, 1.807) is 0 Å². The lowest BCUT2D eigenvalue weighted by molar-refractivity contribution is 0.0170. The molecule has 1 heterocycles. The molecule has 0 amide bonds. The number of halogens is 1. The van der Waals surface area contributed by atoms with Gasteiger partial charge in [-0.05, 0) is 43.4 Å². The molecule has 2 atom stereocenters. The maximum absolute atomic E-state index is 10.1. The molecule has 19 heavy (non-hydrogen) atoms. The third kappa shape index (κ3) is 3.85. The summed E-state index contributed by atoms with van der Waals surface area (Å²) in [5, 5.41) is 19.9. The van der Waals surface area contributed by atoms with Crippen molar-refractivity contribution in [2.45, 2.75) is 37.9 Å². The smallest absolute Gasteiger partial charge is 0.105 e. The van der Waals surface area contributed by atoms with Gasteiger partial charge < -0.3 is 15.1 Å². The van der Waals surface area contributed by atoms with Gasteiger partial charge in [0, 0.05) is 24.7 Å². The van der Waals surface area contributed by atoms with Crippen molar-refractivity contribution in [3.05, 3.63) is 29.8 Å². The van der Waals surface area contributed by atoms with E-state index in [0.717, 1.165) is 24.3 Å². The Bertz CT molecular complexity index is 393. The molecule has 4 heteroatoms. The highest BCUT2D eigenvalue weighted by atomic mass is 35.5. The number of benzene rings is 1. The highest BCUT2D eigenvalue weighted by molar-refractivity contribution is 6.17. The van der Waals surface area contributed by atoms with Crippen LogP contribution in [0.15, 0.2) is 24.3 Å². The van der Waals surface area contributed by atoms with E-state index in [0.29, 0.717) is 12.3 Å². The molecule has 0 spiro atoms. The summed E-state index contributed by atoms with van der Waals surface area (Å²) in [5.74, 6) is 0.351. The van der Waals surface area contributed by atoms with Gasteiger partial charge in [-0.25, -0.2) is 0 Å². The summed E-state index contributed by atoms with van der Waals surface area (Å²) >= 11 is 5.60. The third-order valence-electron chi connectivity index (χ3n) is 3.70. The molecule has 1 fully saturated rings. The summed E-state index contributed by atoms with van der Waals surface area (Å²) in [5.41, 5.74) is 1.90. The molecular formula is C15H22ClNO2. The molecule has 1 aromatic rings. The van der Waals surface area contributed by atoms with Crippen LogP contribution in [0, 0.1) is 0 Å². The molecule has 2 rings (SSSR count). The summed E-state index contributed by atoms with van der Waals surface area (Å²) in [6, 6.07) is 7.84. The molecule has 0 aliphatic carbocycles. The largest absolute Gasteiger partial charge is 0.390 e. The normalized spacial score (nSPS) is 19.2. The lowest BCUT2D eigenvalue weighted by atomic mass is 10.0. The number of alkyl halides is 1. The number of aliphatic hydroxyl groups is 2. The maximum Gasteiger partial charge on any atom is 0.105 e. The van der Waals surface area contributed by atoms with Gasteiger partial charge in [-0.15, -0.1) is 11.6 Å². The Morgan fingerprint density at radius 1 is 1.16 bits per heavy atom. The minimum atomic E-state index is -0.858. The average Bonchev–Trinajstić information content (AvgIpc) is 2.48. The minimum Gasteiger partial charge on any atom is -0.390 e. The average molecular weight is 284 g/mol. The van der Waals surface area contributed by atoms with Gasteiger partial charge >= 0.3 is 0 Å². The Morgan fingerprint density at radius 3 is 2.58 bits per heavy atom. The Hall–Kier alpha value is -0.770. The Labute approximate surface area is 119 Å². The van der Waals surface area contributed by atoms with Crippen molar-refractivity contribution in [1.29, 1.82) is 0 Å². The first-order valence-electron chi connectivity index (χ1n) is 6.99. The molecule has 0 bridgehead atoms. The first-order chi connectivity index (χ1) is 9.22. The number of rotatable bonds is 5. The van der Waals surface area contributed by atoms with Crippen LogP contribution < -0.4 is 4.90 Å². The molecule has 2 unspecified atom stereocenters. The number of nitrogens with zero attached hydrogens (tertiary/aromatic N) is 1. The minimum absolute atomic E-state index is 0.351. The van der Waals surface area contributed by atoms with Crippen LogP contribution >= 0.6 is 11.6 Å². The van der Waals surface area contributed by atoms with Crippen LogP contribution in [0.4, 0.5) is 5.69 Å². The molecular weight excluding hydrogens is 262 g/mol. The van der Waals surface area contributed by atoms with Crippen LogP contribution in [-0.4, -0.2) is 35.3 Å². The van der Waals surface area contributed by atoms with Crippen LogP contribution in [0.5, 0.6) is 0 Å². The fraction of sp³-hybridized carbons (Fsp3) is 0.600. The van der Waals surface area contributed by atoms with Gasteiger partial charge in [-0.2, -0.15) is 0 Å². The lowest BCUT2D eigenvalue weighted by Crippen LogP contribution is -2.29. The fourth-order valence-electron chi connectivity index (χ4n) is 2.55. The predicted octanol–water partition coefficient (Wildman–Crippen LogP) is 2.70. The Kier molecular flexibility index (Phi) is 5.49. The quantitative estimate of drug-likeness (QED) is 0.817. The molecule has 2 N–H and O–H groups in total. The molecule has 106 valence electrons. The summed E-state index contributed by atoms with van der Waals surface area (Å²) in [6.45, 7) is 2.15. The van der Waals surface area contributed by atoms with Crippen LogP contribution in [0.3, 0.4) is 0 Å². The molecule has 1 aliphatic heterocycles. The summed E-state index contributed by atoms with van der Waals surface area (Å²) in [7, 11) is 0. The molecule has 0 radical (unpaired) electrons. The second-order valence-electron chi connectivity index (χ2n) is 5.13. The first kappa shape index (κ1) is 14.6. The number of piperidine rings is 1. The van der Waals surface area contributed by atoms with Gasteiger partial charge in [0.25, 0.3) is 0 Å². The van der Waals surface area contributed by atoms with E-state index in [1.807, 2.05) is 18.2 Å². The molecule has 1 aromatic carbocycles. The van der Waals surface area contributed by atoms with E-state index in [4.69, 9.17) is 11.6 Å². The van der Waals surface area contributed by atoms with Crippen LogP contribution in [0.1, 0.15) is 37.4 Å². The van der Waals surface area contributed by atoms with E-state index >= 15 is 0 Å². The molecule has 0 aromatic heterocycles. The standard InChI is InChI=1S/C15H22ClNO2/c16-8-7-14(18)15(19)12-5-4-6-13(11-12)17-9-2-1-3-10-17/h4-6,11,14-15,18-19H,1-3,7-10H2. The van der Waals surface area contributed by atoms with Crippen molar-refractivity contribution < 1.29 is 10.2 Å². The molecule has 1 aliphatic rings. The fourth-order valence-corrected chi connectivity index (χ4v) is 2.77. The number of hydrogen-bond acceptors (Lipinski definition) is 3. The van der Waals surface area contributed by atoms with E-state index in [1.165, 1.54) is 19.3 Å². The van der Waals surface area contributed by atoms with Gasteiger partial charge in [0.2, 0.25) is 0 Å². The molecule has 3 nitrogen and oxygen atoms in total. The second kappa shape index (κ2) is 7.13. The van der Waals surface area contributed by atoms with Crippen molar-refractivity contribution in [2.75, 3.05) is 23.9 Å². The number of anilines is 1. The first-order valence-corrected chi connectivity index (χ1v) is 7.53. The SMILES string of the molecule is OC(CCCl)C(O)c1cccc(N2CCCCC2)c1. The summed E-state index contributed by atoms with van der Waals surface area (Å²) < 4.78 is 0. The van der Waals surface area contributed by atoms with Crippen molar-refractivity contribution in [1.82, 2.24) is 0 Å². The summed E-state index contributed by atoms with van der Waals surface area (Å²) in [4.78, 5) is 2.34. The lowest BCUT2D eigenvalue weighted by Gasteiger charge is -2.29. The van der Waals surface area contributed by atoms with Crippen LogP contribution in [-0.2, 0) is 0 Å². The van der Waals surface area contributed by atoms with Crippen molar-refractivity contribution in [2.24, 2.45) is 0 Å². The van der Waals surface area contributed by atoms with Crippen LogP contribution in [0.2, 0.25) is 0 Å². The van der Waals surface area contributed by atoms with Gasteiger partial charge in [-0.1, -0.05) is 12.1 Å². The predicted molar refractivity (Wildman–Crippen MR) is 78.8 cm³/mol. The zero-order valence-electron chi connectivity index (χ0n) is 11.1. The van der Waals surface area contributed by atoms with Crippen molar-refractivity contribution in [3.8, 4) is 0 Å². The van der Waals surface area contributed by atoms with Gasteiger partial charge in [0.05, 0.1) is 6.10 Å². The van der Waals surface area contributed by atoms with E-state index in [9.17, 15) is 10.2 Å². The van der Waals surface area contributed by atoms with Crippen molar-refractivity contribution in [3.63, 3.8) is 0 Å². The van der Waals surface area contributed by atoms with E-state index < -0.39 is 12.2 Å². The maximum atomic E-state index is 10.1. The van der Waals surface area contributed by atoms with Crippen LogP contribution in [0.25, 0.3) is 0 Å². The third-order valence-corrected chi connectivity index (χ3v) is 3.92. The Balaban J connectivity index is 2.09. The van der Waals surface area contributed by atoms with Gasteiger partial charge in [0.15, 0.2) is 0 Å².